The van der Waals surface area contributed by atoms with E-state index in [1.807, 2.05) is 19.9 Å². The number of imidazole rings is 1. The molecule has 3 aromatic rings. The zero-order chi connectivity index (χ0) is 18.1. The first-order valence-electron chi connectivity index (χ1n) is 9.30. The largest absolute Gasteiger partial charge is 0.366 e. The number of hydrogen-bond donors (Lipinski definition) is 1. The Bertz CT molecular complexity index is 916. The standard InChI is InChI=1S/C20H26N6/c1-14-21-17(11-20(22-14)24-16-7-6-10-25(3)12-16)13-26-15(2)23-18-8-4-5-9-19(18)26/h4-5,8-9,11,16H,6-7,10,12-13H2,1-3H3,(H,21,22,24)/t16-/m0/s1. The highest BCUT2D eigenvalue weighted by atomic mass is 15.2. The summed E-state index contributed by atoms with van der Waals surface area (Å²) < 4.78 is 2.22. The average molecular weight is 350 g/mol. The molecule has 0 aliphatic carbocycles. The normalized spacial score (nSPS) is 18.3. The number of anilines is 1. The third-order valence-electron chi connectivity index (χ3n) is 5.03. The van der Waals surface area contributed by atoms with Gasteiger partial charge in [0.2, 0.25) is 0 Å². The van der Waals surface area contributed by atoms with Gasteiger partial charge in [0, 0.05) is 18.7 Å². The van der Waals surface area contributed by atoms with Crippen LogP contribution in [-0.2, 0) is 6.54 Å². The number of piperidine rings is 1. The van der Waals surface area contributed by atoms with Gasteiger partial charge < -0.3 is 14.8 Å². The van der Waals surface area contributed by atoms with Crippen molar-refractivity contribution in [1.82, 2.24) is 24.4 Å². The van der Waals surface area contributed by atoms with Crippen molar-refractivity contribution in [3.63, 3.8) is 0 Å². The van der Waals surface area contributed by atoms with Crippen LogP contribution >= 0.6 is 0 Å². The number of aromatic nitrogens is 4. The van der Waals surface area contributed by atoms with Crippen LogP contribution in [0.2, 0.25) is 0 Å². The van der Waals surface area contributed by atoms with Gasteiger partial charge in [-0.1, -0.05) is 12.1 Å². The Hall–Kier alpha value is -2.47. The number of hydrogen-bond acceptors (Lipinski definition) is 5. The third kappa shape index (κ3) is 3.55. The van der Waals surface area contributed by atoms with E-state index in [2.05, 4.69) is 61.0 Å². The molecular weight excluding hydrogens is 324 g/mol. The molecule has 4 rings (SSSR count). The topological polar surface area (TPSA) is 58.9 Å². The van der Waals surface area contributed by atoms with Gasteiger partial charge in [0.1, 0.15) is 17.5 Å². The Labute approximate surface area is 154 Å². The molecule has 6 heteroatoms. The highest BCUT2D eigenvalue weighted by Gasteiger charge is 2.18. The summed E-state index contributed by atoms with van der Waals surface area (Å²) >= 11 is 0. The molecule has 0 saturated carbocycles. The SMILES string of the molecule is Cc1nc(Cn2c(C)nc3ccccc32)cc(N[C@H]2CCCN(C)C2)n1. The number of para-hydroxylation sites is 2. The highest BCUT2D eigenvalue weighted by molar-refractivity contribution is 5.75. The third-order valence-corrected chi connectivity index (χ3v) is 5.03. The van der Waals surface area contributed by atoms with Crippen molar-refractivity contribution < 1.29 is 0 Å². The maximum Gasteiger partial charge on any atom is 0.130 e. The summed E-state index contributed by atoms with van der Waals surface area (Å²) in [7, 11) is 2.18. The number of nitrogens with zero attached hydrogens (tertiary/aromatic N) is 5. The van der Waals surface area contributed by atoms with Gasteiger partial charge in [-0.05, 0) is 52.4 Å². The molecule has 3 heterocycles. The number of likely N-dealkylation sites (tertiary alicyclic amines) is 1. The molecule has 1 atom stereocenters. The lowest BCUT2D eigenvalue weighted by molar-refractivity contribution is 0.260. The predicted octanol–water partition coefficient (Wildman–Crippen LogP) is 3.00. The van der Waals surface area contributed by atoms with Crippen LogP contribution in [0.15, 0.2) is 30.3 Å². The molecule has 2 aromatic heterocycles. The predicted molar refractivity (Wildman–Crippen MR) is 104 cm³/mol. The van der Waals surface area contributed by atoms with Crippen LogP contribution < -0.4 is 5.32 Å². The molecule has 1 fully saturated rings. The van der Waals surface area contributed by atoms with Crippen molar-refractivity contribution in [2.75, 3.05) is 25.5 Å². The molecule has 26 heavy (non-hydrogen) atoms. The summed E-state index contributed by atoms with van der Waals surface area (Å²) in [6, 6.07) is 10.8. The number of rotatable bonds is 4. The van der Waals surface area contributed by atoms with Crippen molar-refractivity contribution in [1.29, 1.82) is 0 Å². The summed E-state index contributed by atoms with van der Waals surface area (Å²) in [5.74, 6) is 2.73. The highest BCUT2D eigenvalue weighted by Crippen LogP contribution is 2.19. The summed E-state index contributed by atoms with van der Waals surface area (Å²) in [5, 5.41) is 3.61. The van der Waals surface area contributed by atoms with E-state index in [0.717, 1.165) is 40.7 Å². The lowest BCUT2D eigenvalue weighted by Gasteiger charge is -2.30. The van der Waals surface area contributed by atoms with Crippen molar-refractivity contribution in [3.8, 4) is 0 Å². The van der Waals surface area contributed by atoms with E-state index < -0.39 is 0 Å². The van der Waals surface area contributed by atoms with Gasteiger partial charge in [0.25, 0.3) is 0 Å². The fourth-order valence-electron chi connectivity index (χ4n) is 3.84. The fraction of sp³-hybridized carbons (Fsp3) is 0.450. The molecule has 0 spiro atoms. The van der Waals surface area contributed by atoms with Gasteiger partial charge in [-0.3, -0.25) is 0 Å². The lowest BCUT2D eigenvalue weighted by atomic mass is 10.1. The van der Waals surface area contributed by atoms with E-state index in [4.69, 9.17) is 0 Å². The average Bonchev–Trinajstić information content (AvgIpc) is 2.90. The summed E-state index contributed by atoms with van der Waals surface area (Å²) in [5.41, 5.74) is 3.18. The Morgan fingerprint density at radius 3 is 2.85 bits per heavy atom. The van der Waals surface area contributed by atoms with Gasteiger partial charge >= 0.3 is 0 Å². The Kier molecular flexibility index (Phi) is 4.59. The first-order valence-corrected chi connectivity index (χ1v) is 9.30. The lowest BCUT2D eigenvalue weighted by Crippen LogP contribution is -2.40. The van der Waals surface area contributed by atoms with Gasteiger partial charge in [0.15, 0.2) is 0 Å². The van der Waals surface area contributed by atoms with E-state index in [1.165, 1.54) is 19.4 Å². The van der Waals surface area contributed by atoms with Crippen LogP contribution in [0, 0.1) is 13.8 Å². The molecule has 1 aliphatic rings. The van der Waals surface area contributed by atoms with E-state index in [9.17, 15) is 0 Å². The number of fused-ring (bicyclic) bond motifs is 1. The number of likely N-dealkylation sites (N-methyl/N-ethyl adjacent to an activating group) is 1. The van der Waals surface area contributed by atoms with E-state index in [-0.39, 0.29) is 0 Å². The zero-order valence-electron chi connectivity index (χ0n) is 15.7. The monoisotopic (exact) mass is 350 g/mol. The number of benzene rings is 1. The molecule has 0 bridgehead atoms. The van der Waals surface area contributed by atoms with Crippen molar-refractivity contribution in [2.24, 2.45) is 0 Å². The van der Waals surface area contributed by atoms with Gasteiger partial charge in [-0.2, -0.15) is 0 Å². The van der Waals surface area contributed by atoms with Crippen molar-refractivity contribution in [3.05, 3.63) is 47.7 Å². The second kappa shape index (κ2) is 7.03. The van der Waals surface area contributed by atoms with Gasteiger partial charge in [0.05, 0.1) is 23.3 Å². The molecule has 0 amide bonds. The first kappa shape index (κ1) is 17.0. The van der Waals surface area contributed by atoms with Crippen molar-refractivity contribution >= 4 is 16.9 Å². The molecule has 136 valence electrons. The van der Waals surface area contributed by atoms with Crippen LogP contribution in [0.5, 0.6) is 0 Å². The van der Waals surface area contributed by atoms with Gasteiger partial charge in [-0.25, -0.2) is 15.0 Å². The second-order valence-corrected chi connectivity index (χ2v) is 7.27. The summed E-state index contributed by atoms with van der Waals surface area (Å²) in [6.45, 7) is 6.95. The Morgan fingerprint density at radius 1 is 1.15 bits per heavy atom. The van der Waals surface area contributed by atoms with Crippen LogP contribution in [0.25, 0.3) is 11.0 Å². The molecular formula is C20H26N6. The number of nitrogens with one attached hydrogen (secondary N) is 1. The van der Waals surface area contributed by atoms with E-state index in [0.29, 0.717) is 12.6 Å². The Morgan fingerprint density at radius 2 is 2.00 bits per heavy atom. The number of aryl methyl sites for hydroxylation is 2. The molecule has 1 N–H and O–H groups in total. The van der Waals surface area contributed by atoms with Gasteiger partial charge in [-0.15, -0.1) is 0 Å². The maximum atomic E-state index is 4.65. The van der Waals surface area contributed by atoms with Crippen LogP contribution in [-0.4, -0.2) is 50.6 Å². The smallest absolute Gasteiger partial charge is 0.130 e. The molecule has 0 unspecified atom stereocenters. The molecule has 1 aromatic carbocycles. The van der Waals surface area contributed by atoms with Crippen LogP contribution in [0.1, 0.15) is 30.2 Å². The fourth-order valence-corrected chi connectivity index (χ4v) is 3.84. The Balaban J connectivity index is 1.58. The first-order chi connectivity index (χ1) is 12.6. The quantitative estimate of drug-likeness (QED) is 0.784. The summed E-state index contributed by atoms with van der Waals surface area (Å²) in [6.07, 6.45) is 2.42. The molecule has 1 aliphatic heterocycles. The zero-order valence-corrected chi connectivity index (χ0v) is 15.7. The second-order valence-electron chi connectivity index (χ2n) is 7.27. The minimum Gasteiger partial charge on any atom is -0.366 e. The minimum absolute atomic E-state index is 0.451. The maximum absolute atomic E-state index is 4.65. The van der Waals surface area contributed by atoms with Crippen molar-refractivity contribution in [2.45, 2.75) is 39.3 Å². The van der Waals surface area contributed by atoms with Crippen LogP contribution in [0.3, 0.4) is 0 Å². The molecule has 0 radical (unpaired) electrons. The minimum atomic E-state index is 0.451. The van der Waals surface area contributed by atoms with Crippen LogP contribution in [0.4, 0.5) is 5.82 Å². The van der Waals surface area contributed by atoms with E-state index >= 15 is 0 Å². The molecule has 1 saturated heterocycles. The molecule has 6 nitrogen and oxygen atoms in total. The summed E-state index contributed by atoms with van der Waals surface area (Å²) in [4.78, 5) is 16.3. The van der Waals surface area contributed by atoms with E-state index in [1.54, 1.807) is 0 Å².